The van der Waals surface area contributed by atoms with Crippen LogP contribution in [0.2, 0.25) is 0 Å². The summed E-state index contributed by atoms with van der Waals surface area (Å²) in [5, 5.41) is 3.50. The lowest BCUT2D eigenvalue weighted by atomic mass is 9.97. The maximum Gasteiger partial charge on any atom is 0.0651 e. The average Bonchev–Trinajstić information content (AvgIpc) is 3.28. The quantitative estimate of drug-likeness (QED) is 0.165. The fourth-order valence-corrected chi connectivity index (χ4v) is 6.59. The number of hydrogen-bond donors (Lipinski definition) is 0. The summed E-state index contributed by atoms with van der Waals surface area (Å²) in [6, 6.07) is 49.2. The molecule has 9 rings (SSSR count). The Morgan fingerprint density at radius 3 is 1.67 bits per heavy atom. The molecule has 0 heterocycles. The zero-order valence-corrected chi connectivity index (χ0v) is 27.5. The van der Waals surface area contributed by atoms with Gasteiger partial charge in [0, 0.05) is 17.1 Å². The Morgan fingerprint density at radius 2 is 0.922 bits per heavy atom. The molecule has 0 radical (unpaired) electrons. The van der Waals surface area contributed by atoms with Gasteiger partial charge in [0.25, 0.3) is 0 Å². The predicted octanol–water partition coefficient (Wildman–Crippen LogP) is 14.1. The smallest absolute Gasteiger partial charge is 0.0651 e. The molecule has 240 valence electrons. The molecule has 1 heteroatoms. The van der Waals surface area contributed by atoms with Crippen molar-refractivity contribution in [3.63, 3.8) is 0 Å². The number of anilines is 3. The van der Waals surface area contributed by atoms with Gasteiger partial charge in [-0.2, -0.15) is 0 Å². The van der Waals surface area contributed by atoms with E-state index in [0.717, 1.165) is 43.8 Å². The number of benzene rings is 9. The van der Waals surface area contributed by atoms with Crippen LogP contribution in [-0.4, -0.2) is 0 Å². The number of fused-ring (bicyclic) bond motifs is 2. The molecule has 0 amide bonds. The zero-order chi connectivity index (χ0) is 40.9. The van der Waals surface area contributed by atoms with Crippen molar-refractivity contribution in [2.75, 3.05) is 4.90 Å². The first-order valence-corrected chi connectivity index (χ1v) is 16.9. The summed E-state index contributed by atoms with van der Waals surface area (Å²) < 4.78 is 74.9. The van der Waals surface area contributed by atoms with Gasteiger partial charge in [0.05, 0.1) is 11.0 Å². The lowest BCUT2D eigenvalue weighted by molar-refractivity contribution is 1.28. The molecule has 0 aliphatic carbocycles. The zero-order valence-electron chi connectivity index (χ0n) is 35.5. The van der Waals surface area contributed by atoms with Crippen LogP contribution < -0.4 is 4.90 Å². The second-order valence-electron chi connectivity index (χ2n) is 12.4. The van der Waals surface area contributed by atoms with E-state index in [0.29, 0.717) is 16.8 Å². The summed E-state index contributed by atoms with van der Waals surface area (Å²) in [6.45, 7) is 0. The van der Waals surface area contributed by atoms with E-state index in [4.69, 9.17) is 2.74 Å². The maximum atomic E-state index is 9.70. The minimum atomic E-state index is -0.444. The van der Waals surface area contributed by atoms with E-state index in [2.05, 4.69) is 24.3 Å². The largest absolute Gasteiger partial charge is 0.310 e. The highest BCUT2D eigenvalue weighted by Crippen LogP contribution is 2.39. The van der Waals surface area contributed by atoms with Gasteiger partial charge in [-0.3, -0.25) is 0 Å². The molecule has 1 nitrogen and oxygen atoms in total. The van der Waals surface area contributed by atoms with E-state index in [9.17, 15) is 8.22 Å². The summed E-state index contributed by atoms with van der Waals surface area (Å²) in [4.78, 5) is 1.39. The molecule has 0 atom stereocenters. The molecule has 0 aromatic heterocycles. The highest BCUT2D eigenvalue weighted by molar-refractivity contribution is 5.97. The Morgan fingerprint density at radius 1 is 0.333 bits per heavy atom. The Labute approximate surface area is 310 Å². The maximum absolute atomic E-state index is 9.70. The van der Waals surface area contributed by atoms with Crippen LogP contribution in [0.3, 0.4) is 0 Å². The average molecular weight is 658 g/mol. The monoisotopic (exact) mass is 657 g/mol. The molecule has 0 N–H and O–H groups in total. The first-order chi connectivity index (χ1) is 28.6. The molecular formula is C50H35N. The van der Waals surface area contributed by atoms with Gasteiger partial charge in [-0.15, -0.1) is 0 Å². The van der Waals surface area contributed by atoms with Gasteiger partial charge in [-0.1, -0.05) is 170 Å². The molecule has 9 aromatic rings. The van der Waals surface area contributed by atoms with Crippen molar-refractivity contribution >= 4 is 38.6 Å². The Balaban J connectivity index is 1.26. The molecule has 51 heavy (non-hydrogen) atoms. The summed E-state index contributed by atoms with van der Waals surface area (Å²) in [6.07, 6.45) is 0. The molecule has 0 aliphatic heterocycles. The summed E-state index contributed by atoms with van der Waals surface area (Å²) >= 11 is 0. The second kappa shape index (κ2) is 13.3. The molecule has 0 saturated carbocycles. The number of rotatable bonds is 7. The van der Waals surface area contributed by atoms with Crippen LogP contribution in [0.1, 0.15) is 11.0 Å². The minimum Gasteiger partial charge on any atom is -0.310 e. The first kappa shape index (κ1) is 22.8. The van der Waals surface area contributed by atoms with Crippen molar-refractivity contribution in [1.82, 2.24) is 0 Å². The molecular weight excluding hydrogens is 615 g/mol. The number of hydrogen-bond acceptors (Lipinski definition) is 1. The van der Waals surface area contributed by atoms with Crippen LogP contribution in [0.5, 0.6) is 0 Å². The Kier molecular flexibility index (Phi) is 5.96. The predicted molar refractivity (Wildman–Crippen MR) is 218 cm³/mol. The van der Waals surface area contributed by atoms with E-state index < -0.39 is 12.1 Å². The first-order valence-electron chi connectivity index (χ1n) is 20.9. The highest BCUT2D eigenvalue weighted by Gasteiger charge is 2.15. The lowest BCUT2D eigenvalue weighted by Gasteiger charge is -2.26. The third kappa shape index (κ3) is 6.07. The van der Waals surface area contributed by atoms with E-state index in [1.54, 1.807) is 24.3 Å². The number of nitrogens with zero attached hydrogens (tertiary/aromatic N) is 1. The van der Waals surface area contributed by atoms with Gasteiger partial charge in [0.15, 0.2) is 0 Å². The van der Waals surface area contributed by atoms with Gasteiger partial charge in [0.2, 0.25) is 0 Å². The van der Waals surface area contributed by atoms with Crippen LogP contribution in [0.4, 0.5) is 17.1 Å². The van der Waals surface area contributed by atoms with Crippen molar-refractivity contribution in [3.8, 4) is 44.5 Å². The summed E-state index contributed by atoms with van der Waals surface area (Å²) in [7, 11) is 0. The summed E-state index contributed by atoms with van der Waals surface area (Å²) in [5.74, 6) is 0. The van der Waals surface area contributed by atoms with E-state index in [1.807, 2.05) is 115 Å². The van der Waals surface area contributed by atoms with Gasteiger partial charge >= 0.3 is 0 Å². The molecule has 0 fully saturated rings. The van der Waals surface area contributed by atoms with Gasteiger partial charge in [-0.25, -0.2) is 0 Å². The normalized spacial score (nSPS) is 13.3. The SMILES string of the molecule is [2H]c1c([2H])c(-c2ccc3ccccc3c2)c([2H])c(N(c2ccc(-c3ccc(-c4ccccc4)cc3)cc2)c2c([2H])c([2H])c(-c3cccc4ccccc34)c([2H])c2[2H])c1[2H]. The van der Waals surface area contributed by atoms with Gasteiger partial charge in [0.1, 0.15) is 0 Å². The van der Waals surface area contributed by atoms with Crippen molar-refractivity contribution < 1.29 is 11.0 Å². The Bertz CT molecular complexity index is 3040. The van der Waals surface area contributed by atoms with Gasteiger partial charge in [-0.05, 0) is 108 Å². The third-order valence-electron chi connectivity index (χ3n) is 9.22. The third-order valence-corrected chi connectivity index (χ3v) is 9.22. The fourth-order valence-electron chi connectivity index (χ4n) is 6.59. The summed E-state index contributed by atoms with van der Waals surface area (Å²) in [5.41, 5.74) is 5.35. The molecule has 0 aliphatic rings. The van der Waals surface area contributed by atoms with E-state index >= 15 is 0 Å². The topological polar surface area (TPSA) is 3.24 Å². The lowest BCUT2D eigenvalue weighted by Crippen LogP contribution is -2.10. The highest BCUT2D eigenvalue weighted by atomic mass is 15.1. The molecule has 0 spiro atoms. The minimum absolute atomic E-state index is 0.120. The van der Waals surface area contributed by atoms with Crippen molar-refractivity contribution in [2.24, 2.45) is 0 Å². The van der Waals surface area contributed by atoms with Crippen LogP contribution in [0.15, 0.2) is 212 Å². The van der Waals surface area contributed by atoms with E-state index in [1.165, 1.54) is 4.90 Å². The Hall–Kier alpha value is -6.70. The van der Waals surface area contributed by atoms with Gasteiger partial charge < -0.3 is 4.90 Å². The standard InChI is InChI=1S/C50H35N/c1-2-10-36(11-3-1)38-20-22-39(23-21-38)40-26-30-46(31-27-40)51(47-32-28-42(29-33-47)50-19-9-15-41-13-6-7-18-49(41)50)48-17-8-16-44(35-48)45-25-24-37-12-4-5-14-43(37)34-45/h1-35H/i8D,16D,17D,28D,29D,32D,33D,35D. The molecule has 9 aromatic carbocycles. The van der Waals surface area contributed by atoms with Crippen LogP contribution >= 0.6 is 0 Å². The second-order valence-corrected chi connectivity index (χ2v) is 12.4. The van der Waals surface area contributed by atoms with Crippen molar-refractivity contribution in [2.45, 2.75) is 0 Å². The molecule has 0 saturated heterocycles. The van der Waals surface area contributed by atoms with E-state index in [-0.39, 0.29) is 58.8 Å². The van der Waals surface area contributed by atoms with Crippen LogP contribution in [-0.2, 0) is 0 Å². The molecule has 0 bridgehead atoms. The van der Waals surface area contributed by atoms with Crippen LogP contribution in [0.25, 0.3) is 66.1 Å². The molecule has 0 unspecified atom stereocenters. The van der Waals surface area contributed by atoms with Crippen LogP contribution in [0, 0.1) is 0 Å². The fraction of sp³-hybridized carbons (Fsp3) is 0. The van der Waals surface area contributed by atoms with Crippen molar-refractivity contribution in [3.05, 3.63) is 212 Å². The van der Waals surface area contributed by atoms with Crippen molar-refractivity contribution in [1.29, 1.82) is 0 Å².